The maximum absolute atomic E-state index is 12.4. The Hall–Kier alpha value is -1.87. The third-order valence-corrected chi connectivity index (χ3v) is 5.00. The minimum atomic E-state index is -3.98. The Kier molecular flexibility index (Phi) is 4.06. The molecule has 9 heteroatoms. The number of anilines is 1. The van der Waals surface area contributed by atoms with Crippen LogP contribution in [0.1, 0.15) is 21.7 Å². The number of sulfonamides is 1. The Balaban J connectivity index is 2.51. The third kappa shape index (κ3) is 3.24. The molecule has 0 saturated heterocycles. The molecule has 0 aliphatic carbocycles. The Morgan fingerprint density at radius 2 is 2.00 bits per heavy atom. The Bertz CT molecular complexity index is 813. The molecule has 21 heavy (non-hydrogen) atoms. The van der Waals surface area contributed by atoms with Crippen LogP contribution in [0.2, 0.25) is 0 Å². The highest BCUT2D eigenvalue weighted by atomic mass is 79.9. The van der Waals surface area contributed by atoms with Crippen LogP contribution in [0, 0.1) is 13.8 Å². The van der Waals surface area contributed by atoms with Gasteiger partial charge in [0.2, 0.25) is 0 Å². The summed E-state index contributed by atoms with van der Waals surface area (Å²) in [6.45, 7) is 3.19. The molecule has 2 aromatic rings. The van der Waals surface area contributed by atoms with E-state index in [1.807, 2.05) is 0 Å². The lowest BCUT2D eigenvalue weighted by atomic mass is 10.1. The van der Waals surface area contributed by atoms with Crippen molar-refractivity contribution in [3.63, 3.8) is 0 Å². The summed E-state index contributed by atoms with van der Waals surface area (Å²) in [6.07, 6.45) is 0. The van der Waals surface area contributed by atoms with Crippen LogP contribution < -0.4 is 4.72 Å². The van der Waals surface area contributed by atoms with E-state index in [0.717, 1.165) is 6.07 Å². The second-order valence-corrected chi connectivity index (χ2v) is 6.82. The molecule has 112 valence electrons. The summed E-state index contributed by atoms with van der Waals surface area (Å²) in [5.41, 5.74) is 0.261. The number of hydrogen-bond acceptors (Lipinski definition) is 5. The van der Waals surface area contributed by atoms with Crippen LogP contribution in [0.5, 0.6) is 0 Å². The first-order valence-corrected chi connectivity index (χ1v) is 7.98. The number of nitrogens with zero attached hydrogens (tertiary/aromatic N) is 1. The molecule has 0 spiro atoms. The van der Waals surface area contributed by atoms with Crippen molar-refractivity contribution >= 4 is 37.7 Å². The fourth-order valence-electron chi connectivity index (χ4n) is 1.66. The van der Waals surface area contributed by atoms with Crippen molar-refractivity contribution < 1.29 is 22.8 Å². The van der Waals surface area contributed by atoms with E-state index in [-0.39, 0.29) is 16.3 Å². The molecule has 0 unspecified atom stereocenters. The quantitative estimate of drug-likeness (QED) is 0.850. The lowest BCUT2D eigenvalue weighted by molar-refractivity contribution is 0.0696. The number of carbonyl (C=O) groups is 1. The standard InChI is InChI=1S/C12H11BrN2O5S/c1-6-3-11(14-20-6)15-21(18,19)10-5-8(12(16)17)4-9(13)7(10)2/h3-5H,1-2H3,(H,14,15)(H,16,17). The zero-order chi connectivity index (χ0) is 15.8. The van der Waals surface area contributed by atoms with E-state index >= 15 is 0 Å². The van der Waals surface area contributed by atoms with Crippen molar-refractivity contribution in [2.24, 2.45) is 0 Å². The van der Waals surface area contributed by atoms with Crippen LogP contribution in [0.15, 0.2) is 32.1 Å². The molecular formula is C12H11BrN2O5S. The minimum Gasteiger partial charge on any atom is -0.478 e. The Labute approximate surface area is 129 Å². The highest BCUT2D eigenvalue weighted by Gasteiger charge is 2.22. The third-order valence-electron chi connectivity index (χ3n) is 2.70. The van der Waals surface area contributed by atoms with E-state index in [2.05, 4.69) is 25.8 Å². The van der Waals surface area contributed by atoms with Gasteiger partial charge >= 0.3 is 5.97 Å². The number of rotatable bonds is 4. The van der Waals surface area contributed by atoms with Gasteiger partial charge in [-0.1, -0.05) is 21.1 Å². The topological polar surface area (TPSA) is 110 Å². The van der Waals surface area contributed by atoms with E-state index < -0.39 is 16.0 Å². The smallest absolute Gasteiger partial charge is 0.335 e. The van der Waals surface area contributed by atoms with Crippen LogP contribution >= 0.6 is 15.9 Å². The lowest BCUT2D eigenvalue weighted by Crippen LogP contribution is -2.15. The molecule has 0 aliphatic heterocycles. The molecule has 1 heterocycles. The van der Waals surface area contributed by atoms with Crippen molar-refractivity contribution in [2.75, 3.05) is 4.72 Å². The van der Waals surface area contributed by atoms with Crippen LogP contribution in [0.4, 0.5) is 5.82 Å². The van der Waals surface area contributed by atoms with Gasteiger partial charge in [0.25, 0.3) is 10.0 Å². The summed E-state index contributed by atoms with van der Waals surface area (Å²) in [6, 6.07) is 3.86. The minimum absolute atomic E-state index is 0.0313. The highest BCUT2D eigenvalue weighted by Crippen LogP contribution is 2.27. The number of halogens is 1. The molecule has 0 amide bonds. The maximum atomic E-state index is 12.4. The fourth-order valence-corrected chi connectivity index (χ4v) is 3.53. The van der Waals surface area contributed by atoms with Gasteiger partial charge < -0.3 is 9.63 Å². The summed E-state index contributed by atoms with van der Waals surface area (Å²) in [5.74, 6) is -0.738. The second kappa shape index (κ2) is 5.49. The first-order chi connectivity index (χ1) is 9.70. The highest BCUT2D eigenvalue weighted by molar-refractivity contribution is 9.10. The van der Waals surface area contributed by atoms with Crippen molar-refractivity contribution in [3.05, 3.63) is 39.6 Å². The second-order valence-electron chi connectivity index (χ2n) is 4.31. The van der Waals surface area contributed by atoms with Crippen molar-refractivity contribution in [3.8, 4) is 0 Å². The van der Waals surface area contributed by atoms with Crippen LogP contribution in [-0.2, 0) is 10.0 Å². The molecule has 1 aromatic heterocycles. The molecule has 7 nitrogen and oxygen atoms in total. The van der Waals surface area contributed by atoms with Crippen molar-refractivity contribution in [1.82, 2.24) is 5.16 Å². The normalized spacial score (nSPS) is 11.4. The van der Waals surface area contributed by atoms with Gasteiger partial charge in [0.05, 0.1) is 10.5 Å². The average molecular weight is 375 g/mol. The summed E-state index contributed by atoms with van der Waals surface area (Å²) >= 11 is 3.16. The van der Waals surface area contributed by atoms with Crippen LogP contribution in [0.3, 0.4) is 0 Å². The van der Waals surface area contributed by atoms with E-state index in [4.69, 9.17) is 9.63 Å². The van der Waals surface area contributed by atoms with Gasteiger partial charge in [-0.15, -0.1) is 0 Å². The Morgan fingerprint density at radius 1 is 1.33 bits per heavy atom. The summed E-state index contributed by atoms with van der Waals surface area (Å²) in [5, 5.41) is 12.6. The van der Waals surface area contributed by atoms with E-state index in [1.165, 1.54) is 12.1 Å². The molecule has 0 bridgehead atoms. The number of nitrogens with one attached hydrogen (secondary N) is 1. The van der Waals surface area contributed by atoms with Gasteiger partial charge in [-0.2, -0.15) is 0 Å². The lowest BCUT2D eigenvalue weighted by Gasteiger charge is -2.10. The molecule has 1 aromatic carbocycles. The van der Waals surface area contributed by atoms with Gasteiger partial charge in [0.15, 0.2) is 5.82 Å². The van der Waals surface area contributed by atoms with Gasteiger partial charge in [-0.05, 0) is 31.5 Å². The fraction of sp³-hybridized carbons (Fsp3) is 0.167. The number of aromatic carboxylic acids is 1. The largest absolute Gasteiger partial charge is 0.478 e. The van der Waals surface area contributed by atoms with Crippen LogP contribution in [-0.4, -0.2) is 24.7 Å². The number of carboxylic acid groups (broad SMARTS) is 1. The molecule has 0 aliphatic rings. The zero-order valence-electron chi connectivity index (χ0n) is 11.0. The molecule has 2 rings (SSSR count). The van der Waals surface area contributed by atoms with Gasteiger partial charge in [0, 0.05) is 10.5 Å². The molecule has 0 fully saturated rings. The number of aromatic nitrogens is 1. The summed E-state index contributed by atoms with van der Waals surface area (Å²) in [4.78, 5) is 10.9. The monoisotopic (exact) mass is 374 g/mol. The van der Waals surface area contributed by atoms with E-state index in [0.29, 0.717) is 15.8 Å². The summed E-state index contributed by atoms with van der Waals surface area (Å²) < 4.78 is 32.1. The van der Waals surface area contributed by atoms with Gasteiger partial charge in [-0.25, -0.2) is 13.2 Å². The van der Waals surface area contributed by atoms with Crippen molar-refractivity contribution in [1.29, 1.82) is 0 Å². The molecular weight excluding hydrogens is 364 g/mol. The number of benzene rings is 1. The van der Waals surface area contributed by atoms with Gasteiger partial charge in [-0.3, -0.25) is 4.72 Å². The van der Waals surface area contributed by atoms with Gasteiger partial charge in [0.1, 0.15) is 5.76 Å². The number of carboxylic acids is 1. The number of aryl methyl sites for hydroxylation is 1. The molecule has 0 saturated carbocycles. The number of hydrogen-bond donors (Lipinski definition) is 2. The van der Waals surface area contributed by atoms with E-state index in [9.17, 15) is 13.2 Å². The molecule has 2 N–H and O–H groups in total. The maximum Gasteiger partial charge on any atom is 0.335 e. The Morgan fingerprint density at radius 3 is 2.52 bits per heavy atom. The SMILES string of the molecule is Cc1cc(NS(=O)(=O)c2cc(C(=O)O)cc(Br)c2C)no1. The van der Waals surface area contributed by atoms with E-state index in [1.54, 1.807) is 13.8 Å². The average Bonchev–Trinajstić information content (AvgIpc) is 2.76. The van der Waals surface area contributed by atoms with Crippen LogP contribution in [0.25, 0.3) is 0 Å². The summed E-state index contributed by atoms with van der Waals surface area (Å²) in [7, 11) is -3.98. The predicted molar refractivity (Wildman–Crippen MR) is 77.9 cm³/mol. The van der Waals surface area contributed by atoms with Crippen molar-refractivity contribution in [2.45, 2.75) is 18.7 Å². The molecule has 0 radical (unpaired) electrons. The first-order valence-electron chi connectivity index (χ1n) is 5.70. The molecule has 0 atom stereocenters. The predicted octanol–water partition coefficient (Wildman–Crippen LogP) is 2.55. The zero-order valence-corrected chi connectivity index (χ0v) is 13.4. The first kappa shape index (κ1) is 15.5.